The summed E-state index contributed by atoms with van der Waals surface area (Å²) in [4.78, 5) is 31.8. The molecule has 10 nitrogen and oxygen atoms in total. The molecule has 5 rings (SSSR count). The highest BCUT2D eigenvalue weighted by Crippen LogP contribution is 2.36. The number of rotatable bonds is 8. The number of ether oxygens (including phenoxy) is 2. The first kappa shape index (κ1) is 34.2. The lowest BCUT2D eigenvalue weighted by molar-refractivity contribution is -0.124. The Morgan fingerprint density at radius 1 is 1.02 bits per heavy atom. The minimum Gasteiger partial charge on any atom is -0.487 e. The molecule has 13 heteroatoms. The number of piperidine rings is 1. The van der Waals surface area contributed by atoms with Gasteiger partial charge in [-0.1, -0.05) is 41.4 Å². The summed E-state index contributed by atoms with van der Waals surface area (Å²) >= 11 is 13.2. The Morgan fingerprint density at radius 2 is 1.76 bits per heavy atom. The summed E-state index contributed by atoms with van der Waals surface area (Å²) in [5.74, 6) is 0.347. The predicted molar refractivity (Wildman–Crippen MR) is 178 cm³/mol. The van der Waals surface area contributed by atoms with E-state index in [4.69, 9.17) is 32.7 Å². The highest BCUT2D eigenvalue weighted by molar-refractivity contribution is 7.89. The average Bonchev–Trinajstić information content (AvgIpc) is 3.51. The Morgan fingerprint density at radius 3 is 2.48 bits per heavy atom. The minimum absolute atomic E-state index is 0.0420. The summed E-state index contributed by atoms with van der Waals surface area (Å²) in [6.07, 6.45) is 2.03. The van der Waals surface area contributed by atoms with Crippen LogP contribution >= 0.6 is 23.2 Å². The number of sulfonamides is 1. The average molecular weight is 692 g/mol. The van der Waals surface area contributed by atoms with E-state index in [1.54, 1.807) is 11.0 Å². The molecule has 3 heterocycles. The summed E-state index contributed by atoms with van der Waals surface area (Å²) in [7, 11) is -4.15. The predicted octanol–water partition coefficient (Wildman–Crippen LogP) is 6.35. The molecule has 46 heavy (non-hydrogen) atoms. The van der Waals surface area contributed by atoms with Crippen LogP contribution in [0.4, 0.5) is 4.79 Å². The van der Waals surface area contributed by atoms with E-state index in [-0.39, 0.29) is 46.0 Å². The van der Waals surface area contributed by atoms with Crippen LogP contribution in [0.5, 0.6) is 5.75 Å². The standard InChI is InChI=1S/C33H40Cl2N4O6S/c1-21-10-11-23-7-5-9-27(30(23)37-21)44-20-24-25(34)12-13-28(29(24)35)46(42,43)39-16-6-8-26(39)31(40)36-19-22-14-17-38(18-15-22)32(41)45-33(2,3)4/h5,7,9-13,22,26H,6,8,14-20H2,1-4H3,(H,36,40)/t26-/m0/s1. The fourth-order valence-corrected chi connectivity index (χ4v) is 8.34. The maximum absolute atomic E-state index is 13.9. The zero-order valence-corrected chi connectivity index (χ0v) is 28.8. The molecule has 0 radical (unpaired) electrons. The lowest BCUT2D eigenvalue weighted by Crippen LogP contribution is -2.48. The summed E-state index contributed by atoms with van der Waals surface area (Å²) in [5, 5.41) is 4.09. The number of pyridine rings is 1. The molecular formula is C33H40Cl2N4O6S. The van der Waals surface area contributed by atoms with Crippen molar-refractivity contribution in [3.63, 3.8) is 0 Å². The Labute approximate surface area is 280 Å². The first-order valence-corrected chi connectivity index (χ1v) is 17.7. The number of carbonyl (C=O) groups excluding carboxylic acids is 2. The molecule has 2 amide bonds. The summed E-state index contributed by atoms with van der Waals surface area (Å²) < 4.78 is 40.6. The van der Waals surface area contributed by atoms with Crippen LogP contribution in [0.1, 0.15) is 57.7 Å². The largest absolute Gasteiger partial charge is 0.487 e. The number of aromatic nitrogens is 1. The smallest absolute Gasteiger partial charge is 0.410 e. The Bertz CT molecular complexity index is 1720. The number of carbonyl (C=O) groups is 2. The SMILES string of the molecule is Cc1ccc2cccc(OCc3c(Cl)ccc(S(=O)(=O)N4CCC[C@H]4C(=O)NCC4CCN(C(=O)OC(C)(C)C)CC4)c3Cl)c2n1. The van der Waals surface area contributed by atoms with E-state index >= 15 is 0 Å². The molecule has 2 aromatic carbocycles. The van der Waals surface area contributed by atoms with E-state index in [1.165, 1.54) is 16.4 Å². The van der Waals surface area contributed by atoms with Crippen molar-refractivity contribution in [2.75, 3.05) is 26.2 Å². The zero-order valence-electron chi connectivity index (χ0n) is 26.5. The topological polar surface area (TPSA) is 118 Å². The van der Waals surface area contributed by atoms with Crippen molar-refractivity contribution in [3.8, 4) is 5.75 Å². The van der Waals surface area contributed by atoms with Crippen molar-refractivity contribution < 1.29 is 27.5 Å². The number of hydrogen-bond donors (Lipinski definition) is 1. The molecule has 0 bridgehead atoms. The van der Waals surface area contributed by atoms with Gasteiger partial charge in [-0.05, 0) is 83.6 Å². The van der Waals surface area contributed by atoms with Crippen molar-refractivity contribution in [3.05, 3.63) is 63.8 Å². The summed E-state index contributed by atoms with van der Waals surface area (Å²) in [6, 6.07) is 11.4. The maximum Gasteiger partial charge on any atom is 0.410 e. The Hall–Kier alpha value is -3.12. The van der Waals surface area contributed by atoms with Crippen LogP contribution in [0.2, 0.25) is 10.0 Å². The first-order valence-electron chi connectivity index (χ1n) is 15.5. The van der Waals surface area contributed by atoms with Gasteiger partial charge in [0.05, 0.1) is 5.02 Å². The molecule has 1 atom stereocenters. The summed E-state index contributed by atoms with van der Waals surface area (Å²) in [5.41, 5.74) is 1.28. The van der Waals surface area contributed by atoms with Crippen LogP contribution < -0.4 is 10.1 Å². The van der Waals surface area contributed by atoms with E-state index in [0.717, 1.165) is 11.1 Å². The lowest BCUT2D eigenvalue weighted by Gasteiger charge is -2.33. The quantitative estimate of drug-likeness (QED) is 0.293. The molecule has 0 saturated carbocycles. The number of aryl methyl sites for hydroxylation is 1. The van der Waals surface area contributed by atoms with Gasteiger partial charge in [0.25, 0.3) is 0 Å². The highest BCUT2D eigenvalue weighted by Gasteiger charge is 2.41. The monoisotopic (exact) mass is 690 g/mol. The third-order valence-corrected chi connectivity index (χ3v) is 11.1. The van der Waals surface area contributed by atoms with Crippen LogP contribution in [0.3, 0.4) is 0 Å². The molecule has 3 aromatic rings. The van der Waals surface area contributed by atoms with Gasteiger partial charge in [0.1, 0.15) is 34.4 Å². The van der Waals surface area contributed by atoms with E-state index < -0.39 is 21.7 Å². The van der Waals surface area contributed by atoms with Crippen LogP contribution in [0, 0.1) is 12.8 Å². The Kier molecular flexibility index (Phi) is 10.4. The van der Waals surface area contributed by atoms with Gasteiger partial charge in [-0.2, -0.15) is 4.31 Å². The van der Waals surface area contributed by atoms with E-state index in [9.17, 15) is 18.0 Å². The van der Waals surface area contributed by atoms with Gasteiger partial charge in [0.15, 0.2) is 0 Å². The van der Waals surface area contributed by atoms with Gasteiger partial charge in [0.2, 0.25) is 15.9 Å². The second-order valence-electron chi connectivity index (χ2n) is 12.8. The molecule has 2 saturated heterocycles. The number of para-hydroxylation sites is 1. The molecule has 0 unspecified atom stereocenters. The third kappa shape index (κ3) is 7.70. The molecule has 1 aromatic heterocycles. The van der Waals surface area contributed by atoms with E-state index in [0.29, 0.717) is 62.1 Å². The molecule has 2 aliphatic heterocycles. The van der Waals surface area contributed by atoms with Gasteiger partial charge in [-0.25, -0.2) is 18.2 Å². The number of nitrogens with zero attached hydrogens (tertiary/aromatic N) is 3. The van der Waals surface area contributed by atoms with Crippen molar-refractivity contribution in [1.29, 1.82) is 0 Å². The van der Waals surface area contributed by atoms with Crippen molar-refractivity contribution in [1.82, 2.24) is 19.5 Å². The fourth-order valence-electron chi connectivity index (χ4n) is 5.82. The number of amides is 2. The molecule has 2 aliphatic rings. The number of hydrogen-bond acceptors (Lipinski definition) is 7. The van der Waals surface area contributed by atoms with Crippen molar-refractivity contribution in [2.24, 2.45) is 5.92 Å². The van der Waals surface area contributed by atoms with Gasteiger partial charge >= 0.3 is 6.09 Å². The molecular weight excluding hydrogens is 651 g/mol. The number of benzene rings is 2. The van der Waals surface area contributed by atoms with Crippen LogP contribution in [0.25, 0.3) is 10.9 Å². The highest BCUT2D eigenvalue weighted by atomic mass is 35.5. The lowest BCUT2D eigenvalue weighted by atomic mass is 9.97. The summed E-state index contributed by atoms with van der Waals surface area (Å²) in [6.45, 7) is 8.99. The van der Waals surface area contributed by atoms with Gasteiger partial charge < -0.3 is 19.7 Å². The van der Waals surface area contributed by atoms with Crippen LogP contribution in [0.15, 0.2) is 47.4 Å². The van der Waals surface area contributed by atoms with Gasteiger partial charge in [0, 0.05) is 47.8 Å². The molecule has 0 aliphatic carbocycles. The van der Waals surface area contributed by atoms with Crippen LogP contribution in [-0.2, 0) is 26.2 Å². The number of likely N-dealkylation sites (tertiary alicyclic amines) is 1. The molecule has 2 fully saturated rings. The number of nitrogens with one attached hydrogen (secondary N) is 1. The number of halogens is 2. The first-order chi connectivity index (χ1) is 21.7. The third-order valence-electron chi connectivity index (χ3n) is 8.27. The normalized spacial score (nSPS) is 18.1. The minimum atomic E-state index is -4.15. The number of fused-ring (bicyclic) bond motifs is 1. The van der Waals surface area contributed by atoms with Crippen LogP contribution in [-0.4, -0.2) is 72.4 Å². The van der Waals surface area contributed by atoms with Crippen molar-refractivity contribution >= 4 is 56.1 Å². The van der Waals surface area contributed by atoms with Gasteiger partial charge in [-0.3, -0.25) is 4.79 Å². The molecule has 0 spiro atoms. The van der Waals surface area contributed by atoms with Gasteiger partial charge in [-0.15, -0.1) is 0 Å². The molecule has 1 N–H and O–H groups in total. The maximum atomic E-state index is 13.9. The molecule has 248 valence electrons. The van der Waals surface area contributed by atoms with E-state index in [2.05, 4.69) is 10.3 Å². The Balaban J connectivity index is 1.24. The second kappa shape index (κ2) is 13.9. The second-order valence-corrected chi connectivity index (χ2v) is 15.5. The zero-order chi connectivity index (χ0) is 33.2. The van der Waals surface area contributed by atoms with E-state index in [1.807, 2.05) is 52.0 Å². The van der Waals surface area contributed by atoms with Crippen molar-refractivity contribution in [2.45, 2.75) is 76.5 Å². The fraction of sp³-hybridized carbons (Fsp3) is 0.485.